The Labute approximate surface area is 167 Å². The largest absolute Gasteiger partial charge is 0.381 e. The number of pyridine rings is 1. The predicted molar refractivity (Wildman–Crippen MR) is 107 cm³/mol. The number of hydrogen-bond acceptors (Lipinski definition) is 5. The zero-order chi connectivity index (χ0) is 19.9. The number of carbonyl (C=O) groups excluding carboxylic acids is 2. The SMILES string of the molecule is CC(=O)N[C@H]1CC[C@@H](C(=O)NCc2ccnc(C)c2)CN(C2CCOCC2)C1. The fourth-order valence-corrected chi connectivity index (χ4v) is 4.24. The molecular weight excluding hydrogens is 356 g/mol. The van der Waals surface area contributed by atoms with Crippen LogP contribution in [0.3, 0.4) is 0 Å². The Bertz CT molecular complexity index is 675. The Balaban J connectivity index is 1.63. The molecule has 1 aromatic heterocycles. The van der Waals surface area contributed by atoms with E-state index in [9.17, 15) is 9.59 Å². The van der Waals surface area contributed by atoms with Crippen molar-refractivity contribution in [3.8, 4) is 0 Å². The van der Waals surface area contributed by atoms with Gasteiger partial charge in [-0.15, -0.1) is 0 Å². The van der Waals surface area contributed by atoms with Crippen molar-refractivity contribution in [3.63, 3.8) is 0 Å². The highest BCUT2D eigenvalue weighted by Crippen LogP contribution is 2.23. The van der Waals surface area contributed by atoms with Gasteiger partial charge in [0.2, 0.25) is 11.8 Å². The number of nitrogens with one attached hydrogen (secondary N) is 2. The molecule has 0 spiro atoms. The molecule has 0 bridgehead atoms. The van der Waals surface area contributed by atoms with Crippen LogP contribution in [-0.2, 0) is 20.9 Å². The molecule has 0 aliphatic carbocycles. The highest BCUT2D eigenvalue weighted by Gasteiger charge is 2.32. The summed E-state index contributed by atoms with van der Waals surface area (Å²) in [6.07, 6.45) is 5.35. The van der Waals surface area contributed by atoms with E-state index < -0.39 is 0 Å². The van der Waals surface area contributed by atoms with Gasteiger partial charge in [0.15, 0.2) is 0 Å². The average Bonchev–Trinajstić information content (AvgIpc) is 2.89. The summed E-state index contributed by atoms with van der Waals surface area (Å²) in [5, 5.41) is 6.16. The first-order valence-electron chi connectivity index (χ1n) is 10.3. The van der Waals surface area contributed by atoms with Gasteiger partial charge in [-0.1, -0.05) is 0 Å². The van der Waals surface area contributed by atoms with E-state index in [0.717, 1.165) is 63.2 Å². The smallest absolute Gasteiger partial charge is 0.224 e. The molecule has 2 aliphatic rings. The number of aromatic nitrogens is 1. The van der Waals surface area contributed by atoms with Crippen molar-refractivity contribution in [1.82, 2.24) is 20.5 Å². The van der Waals surface area contributed by atoms with Crippen LogP contribution in [0, 0.1) is 12.8 Å². The lowest BCUT2D eigenvalue weighted by Crippen LogP contribution is -2.48. The lowest BCUT2D eigenvalue weighted by molar-refractivity contribution is -0.126. The van der Waals surface area contributed by atoms with E-state index in [1.807, 2.05) is 19.1 Å². The summed E-state index contributed by atoms with van der Waals surface area (Å²) in [4.78, 5) is 31.1. The fraction of sp³-hybridized carbons (Fsp3) is 0.667. The Morgan fingerprint density at radius 2 is 2.00 bits per heavy atom. The number of likely N-dealkylation sites (tertiary alicyclic amines) is 1. The quantitative estimate of drug-likeness (QED) is 0.797. The topological polar surface area (TPSA) is 83.6 Å². The molecule has 2 fully saturated rings. The van der Waals surface area contributed by atoms with Crippen LogP contribution in [0.4, 0.5) is 0 Å². The standard InChI is InChI=1S/C21H32N4O3/c1-15-11-17(5-8-22-15)12-23-21(27)18-3-4-19(24-16(2)26)14-25(13-18)20-6-9-28-10-7-20/h5,8,11,18-20H,3-4,6-7,9-10,12-14H2,1-2H3,(H,23,27)(H,24,26)/t18-,19+/m1/s1. The van der Waals surface area contributed by atoms with Crippen LogP contribution >= 0.6 is 0 Å². The monoisotopic (exact) mass is 388 g/mol. The summed E-state index contributed by atoms with van der Waals surface area (Å²) >= 11 is 0. The molecule has 2 N–H and O–H groups in total. The van der Waals surface area contributed by atoms with Crippen molar-refractivity contribution in [1.29, 1.82) is 0 Å². The van der Waals surface area contributed by atoms with Crippen LogP contribution in [0.1, 0.15) is 43.9 Å². The normalized spacial score (nSPS) is 24.4. The van der Waals surface area contributed by atoms with Gasteiger partial charge in [0.05, 0.1) is 5.92 Å². The van der Waals surface area contributed by atoms with Crippen LogP contribution in [0.25, 0.3) is 0 Å². The second kappa shape index (κ2) is 9.98. The molecule has 0 aromatic carbocycles. The number of aryl methyl sites for hydroxylation is 1. The van der Waals surface area contributed by atoms with E-state index in [1.54, 1.807) is 13.1 Å². The van der Waals surface area contributed by atoms with Gasteiger partial charge in [0, 0.05) is 63.7 Å². The lowest BCUT2D eigenvalue weighted by atomic mass is 10.00. The van der Waals surface area contributed by atoms with Crippen molar-refractivity contribution in [2.45, 2.75) is 58.2 Å². The molecule has 154 valence electrons. The van der Waals surface area contributed by atoms with E-state index >= 15 is 0 Å². The maximum absolute atomic E-state index is 12.9. The average molecular weight is 389 g/mol. The summed E-state index contributed by atoms with van der Waals surface area (Å²) < 4.78 is 5.50. The molecule has 0 radical (unpaired) electrons. The third-order valence-corrected chi connectivity index (χ3v) is 5.69. The molecule has 3 heterocycles. The van der Waals surface area contributed by atoms with Gasteiger partial charge in [0.25, 0.3) is 0 Å². The zero-order valence-electron chi connectivity index (χ0n) is 16.9. The van der Waals surface area contributed by atoms with Crippen LogP contribution in [0.5, 0.6) is 0 Å². The minimum Gasteiger partial charge on any atom is -0.381 e. The van der Waals surface area contributed by atoms with Crippen molar-refractivity contribution < 1.29 is 14.3 Å². The Kier molecular flexibility index (Phi) is 7.39. The first kappa shape index (κ1) is 20.7. The lowest BCUT2D eigenvalue weighted by Gasteiger charge is -2.36. The third kappa shape index (κ3) is 6.01. The van der Waals surface area contributed by atoms with Crippen LogP contribution in [0.15, 0.2) is 18.3 Å². The van der Waals surface area contributed by atoms with Crippen LogP contribution < -0.4 is 10.6 Å². The summed E-state index contributed by atoms with van der Waals surface area (Å²) in [5.41, 5.74) is 2.01. The first-order valence-corrected chi connectivity index (χ1v) is 10.3. The number of hydrogen-bond donors (Lipinski definition) is 2. The van der Waals surface area contributed by atoms with E-state index in [4.69, 9.17) is 4.74 Å². The van der Waals surface area contributed by atoms with E-state index in [0.29, 0.717) is 12.6 Å². The molecule has 2 amide bonds. The minimum atomic E-state index is -0.0652. The minimum absolute atomic E-state index is 0.00659. The van der Waals surface area contributed by atoms with Crippen molar-refractivity contribution in [3.05, 3.63) is 29.6 Å². The van der Waals surface area contributed by atoms with Gasteiger partial charge >= 0.3 is 0 Å². The summed E-state index contributed by atoms with van der Waals surface area (Å²) in [5.74, 6) is 0.0208. The summed E-state index contributed by atoms with van der Waals surface area (Å²) in [7, 11) is 0. The predicted octanol–water partition coefficient (Wildman–Crippen LogP) is 1.40. The molecule has 3 rings (SSSR count). The Morgan fingerprint density at radius 1 is 1.21 bits per heavy atom. The first-order chi connectivity index (χ1) is 13.5. The second-order valence-electron chi connectivity index (χ2n) is 7.99. The van der Waals surface area contributed by atoms with Crippen molar-refractivity contribution >= 4 is 11.8 Å². The van der Waals surface area contributed by atoms with Crippen molar-refractivity contribution in [2.75, 3.05) is 26.3 Å². The number of carbonyl (C=O) groups is 2. The van der Waals surface area contributed by atoms with Crippen LogP contribution in [-0.4, -0.2) is 60.1 Å². The van der Waals surface area contributed by atoms with Gasteiger partial charge in [-0.05, 0) is 50.3 Å². The van der Waals surface area contributed by atoms with E-state index in [-0.39, 0.29) is 23.8 Å². The van der Waals surface area contributed by atoms with Gasteiger partial charge in [-0.25, -0.2) is 0 Å². The number of ether oxygens (including phenoxy) is 1. The maximum Gasteiger partial charge on any atom is 0.224 e. The molecule has 0 saturated carbocycles. The van der Waals surface area contributed by atoms with Crippen molar-refractivity contribution in [2.24, 2.45) is 5.92 Å². The second-order valence-corrected chi connectivity index (χ2v) is 7.99. The molecule has 7 heteroatoms. The molecule has 28 heavy (non-hydrogen) atoms. The molecule has 0 unspecified atom stereocenters. The molecule has 7 nitrogen and oxygen atoms in total. The Hall–Kier alpha value is -1.99. The Morgan fingerprint density at radius 3 is 2.71 bits per heavy atom. The molecular formula is C21H32N4O3. The van der Waals surface area contributed by atoms with Crippen LogP contribution in [0.2, 0.25) is 0 Å². The highest BCUT2D eigenvalue weighted by molar-refractivity contribution is 5.79. The van der Waals surface area contributed by atoms with E-state index in [1.165, 1.54) is 0 Å². The third-order valence-electron chi connectivity index (χ3n) is 5.69. The van der Waals surface area contributed by atoms with Gasteiger partial charge in [-0.3, -0.25) is 19.5 Å². The molecule has 1 aromatic rings. The fourth-order valence-electron chi connectivity index (χ4n) is 4.24. The zero-order valence-corrected chi connectivity index (χ0v) is 16.9. The maximum atomic E-state index is 12.9. The van der Waals surface area contributed by atoms with E-state index in [2.05, 4.69) is 20.5 Å². The van der Waals surface area contributed by atoms with Gasteiger partial charge < -0.3 is 15.4 Å². The molecule has 2 aliphatic heterocycles. The highest BCUT2D eigenvalue weighted by atomic mass is 16.5. The summed E-state index contributed by atoms with van der Waals surface area (Å²) in [6, 6.07) is 4.44. The summed E-state index contributed by atoms with van der Waals surface area (Å²) in [6.45, 7) is 7.11. The number of rotatable bonds is 5. The number of amides is 2. The van der Waals surface area contributed by atoms with Gasteiger partial charge in [-0.2, -0.15) is 0 Å². The van der Waals surface area contributed by atoms with Gasteiger partial charge in [0.1, 0.15) is 0 Å². The molecule has 2 saturated heterocycles. The molecule has 2 atom stereocenters. The number of nitrogens with zero attached hydrogens (tertiary/aromatic N) is 2.